The molecular weight excluding hydrogens is 293 g/mol. The van der Waals surface area contributed by atoms with E-state index < -0.39 is 0 Å². The molecule has 1 N–H and O–H groups in total. The quantitative estimate of drug-likeness (QED) is 0.929. The summed E-state index contributed by atoms with van der Waals surface area (Å²) < 4.78 is 1.71. The Kier molecular flexibility index (Phi) is 4.74. The summed E-state index contributed by atoms with van der Waals surface area (Å²) >= 11 is 12.5. The van der Waals surface area contributed by atoms with Crippen LogP contribution in [0.15, 0.2) is 18.2 Å². The maximum Gasteiger partial charge on any atom is 0.130 e. The van der Waals surface area contributed by atoms with E-state index in [2.05, 4.69) is 16.5 Å². The van der Waals surface area contributed by atoms with E-state index in [0.717, 1.165) is 33.8 Å². The second-order valence-electron chi connectivity index (χ2n) is 5.03. The van der Waals surface area contributed by atoms with Crippen LogP contribution in [-0.4, -0.2) is 16.8 Å². The van der Waals surface area contributed by atoms with Gasteiger partial charge < -0.3 is 5.32 Å². The van der Waals surface area contributed by atoms with Gasteiger partial charge in [0.25, 0.3) is 0 Å². The van der Waals surface area contributed by atoms with E-state index in [4.69, 9.17) is 23.2 Å². The number of benzene rings is 1. The third-order valence-electron chi connectivity index (χ3n) is 3.62. The number of rotatable bonds is 4. The average Bonchev–Trinajstić information content (AvgIpc) is 2.65. The van der Waals surface area contributed by atoms with Gasteiger partial charge in [-0.05, 0) is 44.5 Å². The molecule has 0 bridgehead atoms. The monoisotopic (exact) mass is 311 g/mol. The molecule has 1 unspecified atom stereocenters. The van der Waals surface area contributed by atoms with Crippen LogP contribution in [0.4, 0.5) is 0 Å². The molecule has 1 aromatic heterocycles. The Balaban J connectivity index is 2.31. The molecule has 0 fully saturated rings. The van der Waals surface area contributed by atoms with Crippen LogP contribution in [0.2, 0.25) is 10.2 Å². The molecule has 5 heteroatoms. The van der Waals surface area contributed by atoms with Crippen LogP contribution in [0.25, 0.3) is 0 Å². The van der Waals surface area contributed by atoms with Gasteiger partial charge in [-0.15, -0.1) is 0 Å². The molecule has 3 nitrogen and oxygen atoms in total. The van der Waals surface area contributed by atoms with Gasteiger partial charge in [-0.2, -0.15) is 5.10 Å². The molecule has 0 aliphatic carbocycles. The van der Waals surface area contributed by atoms with Crippen LogP contribution in [0.5, 0.6) is 0 Å². The lowest BCUT2D eigenvalue weighted by molar-refractivity contribution is 0.590. The fourth-order valence-electron chi connectivity index (χ4n) is 2.32. The summed E-state index contributed by atoms with van der Waals surface area (Å²) in [6.07, 6.45) is 0.786. The van der Waals surface area contributed by atoms with Crippen molar-refractivity contribution in [1.29, 1.82) is 0 Å². The number of nitrogens with one attached hydrogen (secondary N) is 1. The third-order valence-corrected chi connectivity index (χ3v) is 4.50. The average molecular weight is 312 g/mol. The van der Waals surface area contributed by atoms with Gasteiger partial charge in [0.15, 0.2) is 0 Å². The number of aryl methyl sites for hydroxylation is 3. The van der Waals surface area contributed by atoms with Crippen LogP contribution in [-0.2, 0) is 13.5 Å². The first-order chi connectivity index (χ1) is 9.43. The maximum atomic E-state index is 6.31. The van der Waals surface area contributed by atoms with Crippen molar-refractivity contribution < 1.29 is 0 Å². The third kappa shape index (κ3) is 3.00. The first kappa shape index (κ1) is 15.4. The molecule has 108 valence electrons. The lowest BCUT2D eigenvalue weighted by Gasteiger charge is -2.17. The van der Waals surface area contributed by atoms with Crippen molar-refractivity contribution in [2.45, 2.75) is 26.3 Å². The molecule has 1 atom stereocenters. The van der Waals surface area contributed by atoms with Crippen LogP contribution in [0.3, 0.4) is 0 Å². The minimum atomic E-state index is 0.161. The van der Waals surface area contributed by atoms with Gasteiger partial charge in [0.2, 0.25) is 0 Å². The summed E-state index contributed by atoms with van der Waals surface area (Å²) in [5.74, 6) is 0. The van der Waals surface area contributed by atoms with Crippen molar-refractivity contribution in [3.05, 3.63) is 50.8 Å². The van der Waals surface area contributed by atoms with E-state index in [1.165, 1.54) is 0 Å². The topological polar surface area (TPSA) is 29.9 Å². The van der Waals surface area contributed by atoms with E-state index in [-0.39, 0.29) is 6.04 Å². The molecule has 20 heavy (non-hydrogen) atoms. The summed E-state index contributed by atoms with van der Waals surface area (Å²) in [5.41, 5.74) is 4.28. The summed E-state index contributed by atoms with van der Waals surface area (Å²) in [5, 5.41) is 9.16. The Morgan fingerprint density at radius 3 is 2.50 bits per heavy atom. The number of aromatic nitrogens is 2. The van der Waals surface area contributed by atoms with Crippen molar-refractivity contribution in [1.82, 2.24) is 15.1 Å². The molecule has 1 aromatic carbocycles. The van der Waals surface area contributed by atoms with E-state index in [9.17, 15) is 0 Å². The Hall–Kier alpha value is -1.03. The highest BCUT2D eigenvalue weighted by Crippen LogP contribution is 2.27. The number of nitrogens with zero attached hydrogens (tertiary/aromatic N) is 2. The normalized spacial score (nSPS) is 12.7. The molecule has 2 rings (SSSR count). The van der Waals surface area contributed by atoms with Gasteiger partial charge in [0.1, 0.15) is 5.15 Å². The Bertz CT molecular complexity index is 620. The number of halogens is 2. The van der Waals surface area contributed by atoms with Gasteiger partial charge >= 0.3 is 0 Å². The van der Waals surface area contributed by atoms with Gasteiger partial charge in [-0.25, -0.2) is 0 Å². The van der Waals surface area contributed by atoms with Crippen LogP contribution in [0.1, 0.15) is 28.4 Å². The lowest BCUT2D eigenvalue weighted by atomic mass is 9.98. The zero-order valence-corrected chi connectivity index (χ0v) is 13.7. The second-order valence-corrected chi connectivity index (χ2v) is 5.80. The van der Waals surface area contributed by atoms with E-state index in [1.807, 2.05) is 40.1 Å². The Morgan fingerprint density at radius 2 is 2.00 bits per heavy atom. The fraction of sp³-hybridized carbons (Fsp3) is 0.400. The highest BCUT2D eigenvalue weighted by atomic mass is 35.5. The van der Waals surface area contributed by atoms with Crippen LogP contribution >= 0.6 is 23.2 Å². The zero-order chi connectivity index (χ0) is 14.9. The van der Waals surface area contributed by atoms with Crippen molar-refractivity contribution in [2.24, 2.45) is 7.05 Å². The van der Waals surface area contributed by atoms with E-state index >= 15 is 0 Å². The molecule has 2 aromatic rings. The smallest absolute Gasteiger partial charge is 0.130 e. The molecule has 1 heterocycles. The fourth-order valence-corrected chi connectivity index (χ4v) is 2.76. The molecular formula is C15H19Cl2N3. The summed E-state index contributed by atoms with van der Waals surface area (Å²) in [6.45, 7) is 3.98. The zero-order valence-electron chi connectivity index (χ0n) is 12.2. The molecule has 0 amide bonds. The SMILES string of the molecule is CNC(Cc1c(C)nn(C)c1Cl)c1ccc(C)c(Cl)c1. The summed E-state index contributed by atoms with van der Waals surface area (Å²) in [7, 11) is 3.80. The van der Waals surface area contributed by atoms with Crippen LogP contribution < -0.4 is 5.32 Å². The molecule has 0 saturated heterocycles. The molecule has 0 aliphatic rings. The standard InChI is InChI=1S/C15H19Cl2N3/c1-9-5-6-11(7-13(9)16)14(18-3)8-12-10(2)19-20(4)15(12)17/h5-7,14,18H,8H2,1-4H3. The summed E-state index contributed by atoms with van der Waals surface area (Å²) in [6, 6.07) is 6.31. The number of hydrogen-bond donors (Lipinski definition) is 1. The molecule has 0 saturated carbocycles. The van der Waals surface area contributed by atoms with Crippen molar-refractivity contribution in [2.75, 3.05) is 7.05 Å². The van der Waals surface area contributed by atoms with E-state index in [1.54, 1.807) is 4.68 Å². The molecule has 0 radical (unpaired) electrons. The van der Waals surface area contributed by atoms with Gasteiger partial charge in [0, 0.05) is 23.7 Å². The predicted molar refractivity (Wildman–Crippen MR) is 84.6 cm³/mol. The maximum absolute atomic E-state index is 6.31. The lowest BCUT2D eigenvalue weighted by Crippen LogP contribution is -2.19. The second kappa shape index (κ2) is 6.17. The van der Waals surface area contributed by atoms with Gasteiger partial charge in [0.05, 0.1) is 5.69 Å². The first-order valence-electron chi connectivity index (χ1n) is 6.55. The predicted octanol–water partition coefficient (Wildman–Crippen LogP) is 3.85. The highest BCUT2D eigenvalue weighted by Gasteiger charge is 2.18. The van der Waals surface area contributed by atoms with Gasteiger partial charge in [-0.1, -0.05) is 35.3 Å². The molecule has 0 spiro atoms. The van der Waals surface area contributed by atoms with E-state index in [0.29, 0.717) is 5.15 Å². The van der Waals surface area contributed by atoms with Crippen LogP contribution in [0, 0.1) is 13.8 Å². The largest absolute Gasteiger partial charge is 0.313 e. The first-order valence-corrected chi connectivity index (χ1v) is 7.31. The minimum Gasteiger partial charge on any atom is -0.313 e. The Labute approximate surface area is 129 Å². The van der Waals surface area contributed by atoms with Crippen molar-refractivity contribution in [3.8, 4) is 0 Å². The Morgan fingerprint density at radius 1 is 1.30 bits per heavy atom. The minimum absolute atomic E-state index is 0.161. The molecule has 0 aliphatic heterocycles. The highest BCUT2D eigenvalue weighted by molar-refractivity contribution is 6.31. The van der Waals surface area contributed by atoms with Crippen molar-refractivity contribution >= 4 is 23.2 Å². The summed E-state index contributed by atoms with van der Waals surface area (Å²) in [4.78, 5) is 0. The number of hydrogen-bond acceptors (Lipinski definition) is 2. The van der Waals surface area contributed by atoms with Crippen molar-refractivity contribution in [3.63, 3.8) is 0 Å². The van der Waals surface area contributed by atoms with Gasteiger partial charge in [-0.3, -0.25) is 4.68 Å². The number of likely N-dealkylation sites (N-methyl/N-ethyl adjacent to an activating group) is 1.